The van der Waals surface area contributed by atoms with Gasteiger partial charge in [0, 0.05) is 17.6 Å². The van der Waals surface area contributed by atoms with Gasteiger partial charge in [0.05, 0.1) is 6.54 Å². The van der Waals surface area contributed by atoms with E-state index in [0.29, 0.717) is 31.3 Å². The van der Waals surface area contributed by atoms with Crippen molar-refractivity contribution in [3.05, 3.63) is 58.6 Å². The molecule has 1 unspecified atom stereocenters. The number of carbonyl (C=O) groups is 1. The summed E-state index contributed by atoms with van der Waals surface area (Å²) in [6.45, 7) is 2.97. The standard InChI is InChI=1S/C21H23ClN2O3/c22-17-4-1-3-15(11-17)13-23-21(25)14-24-8-2-5-18(24)16-6-7-19-20(12-16)27-10-9-26-19/h1,3-4,6-7,11-12,18H,2,5,8-10,13-14H2,(H,23,25). The van der Waals surface area contributed by atoms with Gasteiger partial charge in [0.2, 0.25) is 5.91 Å². The number of ether oxygens (including phenoxy) is 2. The molecule has 4 rings (SSSR count). The predicted molar refractivity (Wildman–Crippen MR) is 104 cm³/mol. The number of nitrogens with zero attached hydrogens (tertiary/aromatic N) is 1. The van der Waals surface area contributed by atoms with E-state index in [0.717, 1.165) is 36.4 Å². The Hall–Kier alpha value is -2.24. The number of carbonyl (C=O) groups excluding carboxylic acids is 1. The monoisotopic (exact) mass is 386 g/mol. The third-order valence-electron chi connectivity index (χ3n) is 5.04. The second kappa shape index (κ2) is 8.19. The summed E-state index contributed by atoms with van der Waals surface area (Å²) in [5.41, 5.74) is 2.18. The highest BCUT2D eigenvalue weighted by molar-refractivity contribution is 6.30. The minimum absolute atomic E-state index is 0.0272. The SMILES string of the molecule is O=C(CN1CCCC1c1ccc2c(c1)OCCO2)NCc1cccc(Cl)c1. The van der Waals surface area contributed by atoms with E-state index in [1.165, 1.54) is 5.56 Å². The van der Waals surface area contributed by atoms with Gasteiger partial charge in [-0.1, -0.05) is 29.8 Å². The molecular formula is C21H23ClN2O3. The molecule has 0 spiro atoms. The fourth-order valence-electron chi connectivity index (χ4n) is 3.75. The number of hydrogen-bond donors (Lipinski definition) is 1. The predicted octanol–water partition coefficient (Wildman–Crippen LogP) is 3.56. The summed E-state index contributed by atoms with van der Waals surface area (Å²) in [5, 5.41) is 3.67. The van der Waals surface area contributed by atoms with E-state index in [1.54, 1.807) is 0 Å². The Labute approximate surface area is 164 Å². The molecule has 2 aliphatic rings. The normalized spacial score (nSPS) is 19.1. The average molecular weight is 387 g/mol. The molecular weight excluding hydrogens is 364 g/mol. The van der Waals surface area contributed by atoms with Crippen LogP contribution in [0.1, 0.15) is 30.0 Å². The Bertz CT molecular complexity index is 827. The van der Waals surface area contributed by atoms with Crippen molar-refractivity contribution in [2.75, 3.05) is 26.3 Å². The van der Waals surface area contributed by atoms with Gasteiger partial charge in [-0.15, -0.1) is 0 Å². The van der Waals surface area contributed by atoms with Crippen LogP contribution in [0.5, 0.6) is 11.5 Å². The largest absolute Gasteiger partial charge is 0.486 e. The van der Waals surface area contributed by atoms with Gasteiger partial charge >= 0.3 is 0 Å². The summed E-state index contributed by atoms with van der Waals surface area (Å²) >= 11 is 5.99. The van der Waals surface area contributed by atoms with E-state index >= 15 is 0 Å². The maximum atomic E-state index is 12.4. The van der Waals surface area contributed by atoms with E-state index in [4.69, 9.17) is 21.1 Å². The number of rotatable bonds is 5. The zero-order valence-electron chi connectivity index (χ0n) is 15.1. The number of hydrogen-bond acceptors (Lipinski definition) is 4. The molecule has 2 aromatic rings. The third-order valence-corrected chi connectivity index (χ3v) is 5.28. The van der Waals surface area contributed by atoms with E-state index < -0.39 is 0 Å². The number of fused-ring (bicyclic) bond motifs is 1. The number of amides is 1. The maximum Gasteiger partial charge on any atom is 0.234 e. The van der Waals surface area contributed by atoms with Crippen molar-refractivity contribution in [3.8, 4) is 11.5 Å². The molecule has 1 amide bonds. The second-order valence-corrected chi connectivity index (χ2v) is 7.37. The molecule has 0 radical (unpaired) electrons. The highest BCUT2D eigenvalue weighted by Gasteiger charge is 2.28. The number of likely N-dealkylation sites (tertiary alicyclic amines) is 1. The highest BCUT2D eigenvalue weighted by Crippen LogP contribution is 2.37. The molecule has 27 heavy (non-hydrogen) atoms. The Morgan fingerprint density at radius 1 is 1.15 bits per heavy atom. The van der Waals surface area contributed by atoms with E-state index in [-0.39, 0.29) is 11.9 Å². The smallest absolute Gasteiger partial charge is 0.234 e. The fraction of sp³-hybridized carbons (Fsp3) is 0.381. The van der Waals surface area contributed by atoms with Crippen LogP contribution in [0.4, 0.5) is 0 Å². The molecule has 0 bridgehead atoms. The molecule has 2 aliphatic heterocycles. The Kier molecular flexibility index (Phi) is 5.50. The molecule has 1 fully saturated rings. The van der Waals surface area contributed by atoms with E-state index in [2.05, 4.69) is 22.3 Å². The van der Waals surface area contributed by atoms with Crippen LogP contribution < -0.4 is 14.8 Å². The first kappa shape index (κ1) is 18.1. The van der Waals surface area contributed by atoms with Gasteiger partial charge < -0.3 is 14.8 Å². The molecule has 1 atom stereocenters. The summed E-state index contributed by atoms with van der Waals surface area (Å²) in [5.74, 6) is 1.63. The molecule has 1 N–H and O–H groups in total. The molecule has 1 saturated heterocycles. The molecule has 0 aromatic heterocycles. The van der Waals surface area contributed by atoms with Crippen molar-refractivity contribution >= 4 is 17.5 Å². The summed E-state index contributed by atoms with van der Waals surface area (Å²) in [4.78, 5) is 14.7. The zero-order valence-corrected chi connectivity index (χ0v) is 15.9. The lowest BCUT2D eigenvalue weighted by Gasteiger charge is -2.26. The molecule has 0 saturated carbocycles. The van der Waals surface area contributed by atoms with Crippen molar-refractivity contribution in [2.24, 2.45) is 0 Å². The lowest BCUT2D eigenvalue weighted by molar-refractivity contribution is -0.122. The van der Waals surface area contributed by atoms with Crippen LogP contribution in [0, 0.1) is 0 Å². The topological polar surface area (TPSA) is 50.8 Å². The van der Waals surface area contributed by atoms with E-state index in [9.17, 15) is 4.79 Å². The van der Waals surface area contributed by atoms with Crippen LogP contribution in [-0.2, 0) is 11.3 Å². The highest BCUT2D eigenvalue weighted by atomic mass is 35.5. The summed E-state index contributed by atoms with van der Waals surface area (Å²) in [6, 6.07) is 13.9. The summed E-state index contributed by atoms with van der Waals surface area (Å²) in [7, 11) is 0. The van der Waals surface area contributed by atoms with Gasteiger partial charge in [0.1, 0.15) is 13.2 Å². The first-order chi connectivity index (χ1) is 13.2. The quantitative estimate of drug-likeness (QED) is 0.853. The van der Waals surface area contributed by atoms with Gasteiger partial charge in [-0.25, -0.2) is 0 Å². The van der Waals surface area contributed by atoms with Gasteiger partial charge in [-0.05, 0) is 54.8 Å². The van der Waals surface area contributed by atoms with Gasteiger partial charge in [-0.3, -0.25) is 9.69 Å². The minimum Gasteiger partial charge on any atom is -0.486 e. The van der Waals surface area contributed by atoms with Crippen LogP contribution >= 0.6 is 11.6 Å². The Morgan fingerprint density at radius 2 is 2.00 bits per heavy atom. The molecule has 2 aromatic carbocycles. The molecule has 5 nitrogen and oxygen atoms in total. The van der Waals surface area contributed by atoms with Crippen molar-refractivity contribution in [1.29, 1.82) is 0 Å². The number of nitrogens with one attached hydrogen (secondary N) is 1. The van der Waals surface area contributed by atoms with Crippen molar-refractivity contribution in [1.82, 2.24) is 10.2 Å². The number of halogens is 1. The molecule has 0 aliphatic carbocycles. The van der Waals surface area contributed by atoms with Crippen molar-refractivity contribution < 1.29 is 14.3 Å². The van der Waals surface area contributed by atoms with Crippen LogP contribution in [0.25, 0.3) is 0 Å². The van der Waals surface area contributed by atoms with Crippen LogP contribution in [0.15, 0.2) is 42.5 Å². The van der Waals surface area contributed by atoms with Gasteiger partial charge in [-0.2, -0.15) is 0 Å². The lowest BCUT2D eigenvalue weighted by atomic mass is 10.0. The van der Waals surface area contributed by atoms with Crippen LogP contribution in [0.3, 0.4) is 0 Å². The Balaban J connectivity index is 1.37. The lowest BCUT2D eigenvalue weighted by Crippen LogP contribution is -2.36. The molecule has 2 heterocycles. The fourth-order valence-corrected chi connectivity index (χ4v) is 3.96. The van der Waals surface area contributed by atoms with Crippen LogP contribution in [0.2, 0.25) is 5.02 Å². The van der Waals surface area contributed by atoms with Crippen molar-refractivity contribution in [3.63, 3.8) is 0 Å². The first-order valence-electron chi connectivity index (χ1n) is 9.34. The average Bonchev–Trinajstić information content (AvgIpc) is 3.14. The maximum absolute atomic E-state index is 12.4. The van der Waals surface area contributed by atoms with Gasteiger partial charge in [0.15, 0.2) is 11.5 Å². The molecule has 142 valence electrons. The molecule has 6 heteroatoms. The second-order valence-electron chi connectivity index (χ2n) is 6.94. The Morgan fingerprint density at radius 3 is 2.85 bits per heavy atom. The summed E-state index contributed by atoms with van der Waals surface area (Å²) < 4.78 is 11.3. The van der Waals surface area contributed by atoms with Crippen molar-refractivity contribution in [2.45, 2.75) is 25.4 Å². The number of benzene rings is 2. The van der Waals surface area contributed by atoms with E-state index in [1.807, 2.05) is 30.3 Å². The zero-order chi connectivity index (χ0) is 18.6. The summed E-state index contributed by atoms with van der Waals surface area (Å²) in [6.07, 6.45) is 2.13. The van der Waals surface area contributed by atoms with Crippen LogP contribution in [-0.4, -0.2) is 37.1 Å². The van der Waals surface area contributed by atoms with Gasteiger partial charge in [0.25, 0.3) is 0 Å². The third kappa shape index (κ3) is 4.37. The minimum atomic E-state index is 0.0272. The first-order valence-corrected chi connectivity index (χ1v) is 9.71.